The summed E-state index contributed by atoms with van der Waals surface area (Å²) in [6.07, 6.45) is 5.42. The van der Waals surface area contributed by atoms with Crippen LogP contribution in [0.1, 0.15) is 57.0 Å². The zero-order valence-electron chi connectivity index (χ0n) is 19.7. The molecular weight excluding hydrogens is 385 g/mol. The van der Waals surface area contributed by atoms with Crippen molar-refractivity contribution in [2.45, 2.75) is 53.5 Å². The molecule has 1 amide bonds. The van der Waals surface area contributed by atoms with Crippen LogP contribution in [0.2, 0.25) is 0 Å². The number of nitrogens with zero attached hydrogens (tertiary/aromatic N) is 3. The first kappa shape index (κ1) is 23.3. The molecule has 2 aliphatic rings. The van der Waals surface area contributed by atoms with E-state index in [0.29, 0.717) is 18.4 Å². The number of likely N-dealkylation sites (N-methyl/N-ethyl adjacent to an activating group) is 1. The van der Waals surface area contributed by atoms with Crippen molar-refractivity contribution >= 4 is 41.6 Å². The zero-order valence-corrected chi connectivity index (χ0v) is 19.7. The molecular formula is C25H34BN3O2. The highest BCUT2D eigenvalue weighted by atomic mass is 16.2. The molecule has 1 aromatic heterocycles. The second-order valence-corrected chi connectivity index (χ2v) is 8.13. The average molecular weight is 419 g/mol. The Labute approximate surface area is 187 Å². The molecule has 0 fully saturated rings. The molecule has 4 rings (SSSR count). The topological polar surface area (TPSA) is 45.6 Å². The standard InChI is InChI=1S/C23H28BN3O2.C2H6/c1-5-21(28)27-13-14-9-19-17(18-10-16(24)11-20(27)22(14)18)8-15(12-25(19)4)23(29)26(6-2)7-3;1-2/h8,10-11,13,15,19H,5-7,9,12H2,1-4H3;1-2H3. The van der Waals surface area contributed by atoms with Gasteiger partial charge in [-0.2, -0.15) is 0 Å². The minimum Gasteiger partial charge on any atom is -0.343 e. The quantitative estimate of drug-likeness (QED) is 0.715. The lowest BCUT2D eigenvalue weighted by Crippen LogP contribution is -2.47. The van der Waals surface area contributed by atoms with E-state index in [1.807, 2.05) is 57.8 Å². The number of aromatic nitrogens is 1. The van der Waals surface area contributed by atoms with Crippen molar-refractivity contribution in [2.24, 2.45) is 5.92 Å². The van der Waals surface area contributed by atoms with Crippen molar-refractivity contribution in [3.63, 3.8) is 0 Å². The SMILES string of the molecule is CC.[B]c1cc2c3c(cn(C(=O)CC)c3c1)CC1C2=CC(C(=O)N(CC)CC)CN1C. The van der Waals surface area contributed by atoms with Crippen LogP contribution in [-0.4, -0.2) is 66.8 Å². The van der Waals surface area contributed by atoms with Gasteiger partial charge >= 0.3 is 0 Å². The van der Waals surface area contributed by atoms with Gasteiger partial charge in [0.25, 0.3) is 0 Å². The van der Waals surface area contributed by atoms with Crippen molar-refractivity contribution < 1.29 is 9.59 Å². The molecule has 2 atom stereocenters. The molecule has 0 saturated heterocycles. The van der Waals surface area contributed by atoms with Crippen LogP contribution in [0, 0.1) is 5.92 Å². The number of carbonyl (C=O) groups is 2. The normalized spacial score (nSPS) is 19.9. The molecule has 0 N–H and O–H groups in total. The zero-order chi connectivity index (χ0) is 22.9. The van der Waals surface area contributed by atoms with Gasteiger partial charge in [0, 0.05) is 43.7 Å². The molecule has 2 unspecified atom stereocenters. The van der Waals surface area contributed by atoms with Gasteiger partial charge < -0.3 is 4.90 Å². The van der Waals surface area contributed by atoms with Crippen molar-refractivity contribution in [3.8, 4) is 0 Å². The smallest absolute Gasteiger partial charge is 0.230 e. The van der Waals surface area contributed by atoms with Crippen LogP contribution < -0.4 is 5.46 Å². The lowest BCUT2D eigenvalue weighted by molar-refractivity contribution is -0.134. The Morgan fingerprint density at radius 1 is 1.16 bits per heavy atom. The fraction of sp³-hybridized carbons (Fsp3) is 0.520. The molecule has 2 aromatic rings. The highest BCUT2D eigenvalue weighted by Crippen LogP contribution is 2.41. The first-order chi connectivity index (χ1) is 14.9. The summed E-state index contributed by atoms with van der Waals surface area (Å²) in [6, 6.07) is 4.09. The van der Waals surface area contributed by atoms with Crippen LogP contribution in [-0.2, 0) is 11.2 Å². The minimum atomic E-state index is -0.163. The summed E-state index contributed by atoms with van der Waals surface area (Å²) in [5.41, 5.74) is 4.93. The van der Waals surface area contributed by atoms with Gasteiger partial charge in [0.1, 0.15) is 7.85 Å². The second kappa shape index (κ2) is 9.43. The van der Waals surface area contributed by atoms with E-state index in [0.717, 1.165) is 41.5 Å². The van der Waals surface area contributed by atoms with Crippen LogP contribution in [0.5, 0.6) is 0 Å². The maximum Gasteiger partial charge on any atom is 0.230 e. The van der Waals surface area contributed by atoms with Crippen molar-refractivity contribution in [1.82, 2.24) is 14.4 Å². The van der Waals surface area contributed by atoms with Crippen LogP contribution in [0.25, 0.3) is 16.5 Å². The van der Waals surface area contributed by atoms with Gasteiger partial charge in [-0.25, -0.2) is 0 Å². The van der Waals surface area contributed by atoms with Crippen LogP contribution in [0.15, 0.2) is 24.4 Å². The number of carbonyl (C=O) groups excluding carboxylic acids is 2. The van der Waals surface area contributed by atoms with Crippen molar-refractivity contribution in [2.75, 3.05) is 26.7 Å². The number of hydrogen-bond donors (Lipinski definition) is 0. The molecule has 6 heteroatoms. The second-order valence-electron chi connectivity index (χ2n) is 8.13. The first-order valence-corrected chi connectivity index (χ1v) is 11.6. The maximum atomic E-state index is 13.0. The van der Waals surface area contributed by atoms with Crippen molar-refractivity contribution in [3.05, 3.63) is 35.5 Å². The third-order valence-corrected chi connectivity index (χ3v) is 6.45. The highest BCUT2D eigenvalue weighted by Gasteiger charge is 2.37. The molecule has 5 nitrogen and oxygen atoms in total. The average Bonchev–Trinajstić information content (AvgIpc) is 3.14. The maximum absolute atomic E-state index is 13.0. The molecule has 0 bridgehead atoms. The fourth-order valence-electron chi connectivity index (χ4n) is 4.94. The van der Waals surface area contributed by atoms with Gasteiger partial charge in [0.05, 0.1) is 11.4 Å². The first-order valence-electron chi connectivity index (χ1n) is 11.6. The number of fused-ring (bicyclic) bond motifs is 2. The summed E-state index contributed by atoms with van der Waals surface area (Å²) in [7, 11) is 8.33. The van der Waals surface area contributed by atoms with E-state index in [2.05, 4.69) is 18.0 Å². The lowest BCUT2D eigenvalue weighted by atomic mass is 9.77. The van der Waals surface area contributed by atoms with Gasteiger partial charge in [0.15, 0.2) is 0 Å². The van der Waals surface area contributed by atoms with Gasteiger partial charge in [-0.05, 0) is 50.1 Å². The molecule has 2 heterocycles. The number of rotatable bonds is 4. The van der Waals surface area contributed by atoms with E-state index in [9.17, 15) is 9.59 Å². The van der Waals surface area contributed by atoms with E-state index in [-0.39, 0.29) is 23.8 Å². The Morgan fingerprint density at radius 3 is 2.45 bits per heavy atom. The summed E-state index contributed by atoms with van der Waals surface area (Å²) in [6.45, 7) is 12.1. The van der Waals surface area contributed by atoms with Crippen molar-refractivity contribution in [1.29, 1.82) is 0 Å². The Balaban J connectivity index is 0.00000132. The Hall–Kier alpha value is -2.34. The molecule has 0 spiro atoms. The van der Waals surface area contributed by atoms with Gasteiger partial charge in [0.2, 0.25) is 11.8 Å². The predicted molar refractivity (Wildman–Crippen MR) is 129 cm³/mol. The third kappa shape index (κ3) is 3.98. The summed E-state index contributed by atoms with van der Waals surface area (Å²) < 4.78 is 1.75. The molecule has 164 valence electrons. The predicted octanol–water partition coefficient (Wildman–Crippen LogP) is 3.25. The molecule has 0 saturated carbocycles. The van der Waals surface area contributed by atoms with Crippen LogP contribution in [0.3, 0.4) is 0 Å². The molecule has 31 heavy (non-hydrogen) atoms. The van der Waals surface area contributed by atoms with E-state index in [1.54, 1.807) is 4.57 Å². The van der Waals surface area contributed by atoms with Gasteiger partial charge in [-0.15, -0.1) is 0 Å². The Morgan fingerprint density at radius 2 is 1.84 bits per heavy atom. The lowest BCUT2D eigenvalue weighted by Gasteiger charge is -2.40. The summed E-state index contributed by atoms with van der Waals surface area (Å²) >= 11 is 0. The van der Waals surface area contributed by atoms with E-state index in [1.165, 1.54) is 5.56 Å². The third-order valence-electron chi connectivity index (χ3n) is 6.45. The number of benzene rings is 1. The van der Waals surface area contributed by atoms with Gasteiger partial charge in [-0.3, -0.25) is 19.1 Å². The highest BCUT2D eigenvalue weighted by molar-refractivity contribution is 6.34. The largest absolute Gasteiger partial charge is 0.343 e. The number of hydrogen-bond acceptors (Lipinski definition) is 3. The molecule has 1 aliphatic heterocycles. The Bertz CT molecular complexity index is 1020. The van der Waals surface area contributed by atoms with Crippen LogP contribution >= 0.6 is 0 Å². The van der Waals surface area contributed by atoms with E-state index >= 15 is 0 Å². The monoisotopic (exact) mass is 419 g/mol. The minimum absolute atomic E-state index is 0.0691. The number of amides is 1. The van der Waals surface area contributed by atoms with E-state index in [4.69, 9.17) is 7.85 Å². The fourth-order valence-corrected chi connectivity index (χ4v) is 4.94. The molecule has 1 aliphatic carbocycles. The summed E-state index contributed by atoms with van der Waals surface area (Å²) in [4.78, 5) is 29.7. The summed E-state index contributed by atoms with van der Waals surface area (Å²) in [5, 5.41) is 1.10. The Kier molecular flexibility index (Phi) is 7.10. The van der Waals surface area contributed by atoms with E-state index < -0.39 is 0 Å². The van der Waals surface area contributed by atoms with Crippen LogP contribution in [0.4, 0.5) is 0 Å². The summed E-state index contributed by atoms with van der Waals surface area (Å²) in [5.74, 6) is 0.0839. The van der Waals surface area contributed by atoms with Gasteiger partial charge in [-0.1, -0.05) is 38.4 Å². The molecule has 1 aromatic carbocycles. The molecule has 2 radical (unpaired) electrons.